The van der Waals surface area contributed by atoms with Crippen molar-refractivity contribution in [3.05, 3.63) is 0 Å². The topological polar surface area (TPSA) is 73.2 Å². The van der Waals surface area contributed by atoms with E-state index in [0.29, 0.717) is 12.8 Å². The number of hydrogen-bond donors (Lipinski definition) is 1. The average Bonchev–Trinajstić information content (AvgIpc) is 2.18. The Hall–Kier alpha value is -0.640. The van der Waals surface area contributed by atoms with E-state index in [4.69, 9.17) is 5.26 Å². The van der Waals surface area contributed by atoms with E-state index in [1.54, 1.807) is 0 Å². The molecule has 0 spiro atoms. The molecule has 0 heterocycles. The lowest BCUT2D eigenvalue weighted by Gasteiger charge is -2.32. The molecule has 1 saturated carbocycles. The molecule has 0 aromatic rings. The van der Waals surface area contributed by atoms with Crippen LogP contribution in [0, 0.1) is 11.3 Å². The Balaban J connectivity index is 2.82. The highest BCUT2D eigenvalue weighted by Crippen LogP contribution is 2.28. The van der Waals surface area contributed by atoms with Crippen molar-refractivity contribution in [2.75, 3.05) is 14.1 Å². The second-order valence-electron chi connectivity index (χ2n) is 4.14. The van der Waals surface area contributed by atoms with Gasteiger partial charge in [-0.25, -0.2) is 0 Å². The van der Waals surface area contributed by atoms with E-state index in [1.165, 1.54) is 14.1 Å². The molecule has 0 saturated heterocycles. The van der Waals surface area contributed by atoms with Crippen LogP contribution in [0.1, 0.15) is 32.1 Å². The highest BCUT2D eigenvalue weighted by Gasteiger charge is 2.36. The SMILES string of the molecule is CN(C)S(=O)(=O)NC1(C#N)CCCCC1. The zero-order valence-corrected chi connectivity index (χ0v) is 9.97. The summed E-state index contributed by atoms with van der Waals surface area (Å²) in [6, 6.07) is 2.11. The molecular formula is C9H17N3O2S. The first-order valence-electron chi connectivity index (χ1n) is 5.05. The summed E-state index contributed by atoms with van der Waals surface area (Å²) in [4.78, 5) is 0. The molecule has 0 aliphatic heterocycles. The predicted molar refractivity (Wildman–Crippen MR) is 57.2 cm³/mol. The highest BCUT2D eigenvalue weighted by atomic mass is 32.2. The third-order valence-corrected chi connectivity index (χ3v) is 4.34. The molecule has 0 radical (unpaired) electrons. The fourth-order valence-corrected chi connectivity index (χ4v) is 2.66. The lowest BCUT2D eigenvalue weighted by Crippen LogP contribution is -2.52. The van der Waals surface area contributed by atoms with E-state index < -0.39 is 15.7 Å². The number of nitrogens with one attached hydrogen (secondary N) is 1. The van der Waals surface area contributed by atoms with Gasteiger partial charge in [0.1, 0.15) is 5.54 Å². The Morgan fingerprint density at radius 3 is 2.20 bits per heavy atom. The van der Waals surface area contributed by atoms with Crippen LogP contribution in [-0.4, -0.2) is 32.4 Å². The van der Waals surface area contributed by atoms with Crippen molar-refractivity contribution in [3.63, 3.8) is 0 Å². The average molecular weight is 231 g/mol. The van der Waals surface area contributed by atoms with Crippen LogP contribution in [0.3, 0.4) is 0 Å². The zero-order valence-electron chi connectivity index (χ0n) is 9.15. The van der Waals surface area contributed by atoms with Crippen molar-refractivity contribution in [3.8, 4) is 6.07 Å². The molecule has 1 aliphatic carbocycles. The lowest BCUT2D eigenvalue weighted by molar-refractivity contribution is 0.331. The standard InChI is InChI=1S/C9H17N3O2S/c1-12(2)15(13,14)11-9(8-10)6-4-3-5-7-9/h11H,3-7H2,1-2H3. The first-order chi connectivity index (χ1) is 6.92. The van der Waals surface area contributed by atoms with Gasteiger partial charge in [-0.2, -0.15) is 22.7 Å². The second kappa shape index (κ2) is 4.47. The molecule has 1 aliphatic rings. The van der Waals surface area contributed by atoms with E-state index in [-0.39, 0.29) is 0 Å². The Bertz CT molecular complexity index is 350. The van der Waals surface area contributed by atoms with Gasteiger partial charge in [0.05, 0.1) is 6.07 Å². The van der Waals surface area contributed by atoms with Gasteiger partial charge < -0.3 is 0 Å². The van der Waals surface area contributed by atoms with Gasteiger partial charge in [-0.3, -0.25) is 0 Å². The summed E-state index contributed by atoms with van der Waals surface area (Å²) in [5.74, 6) is 0. The molecule has 5 nitrogen and oxygen atoms in total. The first-order valence-corrected chi connectivity index (χ1v) is 6.49. The molecule has 0 aromatic carbocycles. The summed E-state index contributed by atoms with van der Waals surface area (Å²) in [5, 5.41) is 9.09. The van der Waals surface area contributed by atoms with Crippen LogP contribution in [0.2, 0.25) is 0 Å². The van der Waals surface area contributed by atoms with Crippen molar-refractivity contribution in [1.29, 1.82) is 5.26 Å². The van der Waals surface area contributed by atoms with Crippen LogP contribution >= 0.6 is 0 Å². The van der Waals surface area contributed by atoms with Gasteiger partial charge >= 0.3 is 0 Å². The highest BCUT2D eigenvalue weighted by molar-refractivity contribution is 7.87. The normalized spacial score (nSPS) is 21.2. The molecule has 1 fully saturated rings. The van der Waals surface area contributed by atoms with Crippen molar-refractivity contribution in [2.24, 2.45) is 0 Å². The monoisotopic (exact) mass is 231 g/mol. The number of hydrogen-bond acceptors (Lipinski definition) is 3. The first kappa shape index (κ1) is 12.4. The molecule has 1 N–H and O–H groups in total. The summed E-state index contributed by atoms with van der Waals surface area (Å²) in [7, 11) is -0.598. The Morgan fingerprint density at radius 1 is 1.27 bits per heavy atom. The van der Waals surface area contributed by atoms with Gasteiger partial charge in [-0.1, -0.05) is 19.3 Å². The van der Waals surface area contributed by atoms with Crippen molar-refractivity contribution in [2.45, 2.75) is 37.6 Å². The van der Waals surface area contributed by atoms with Crippen LogP contribution in [0.4, 0.5) is 0 Å². The molecule has 1 rings (SSSR count). The molecule has 0 unspecified atom stereocenters. The van der Waals surface area contributed by atoms with Crippen LogP contribution < -0.4 is 4.72 Å². The predicted octanol–water partition coefficient (Wildman–Crippen LogP) is 0.609. The van der Waals surface area contributed by atoms with Crippen molar-refractivity contribution in [1.82, 2.24) is 9.03 Å². The van der Waals surface area contributed by atoms with Crippen molar-refractivity contribution < 1.29 is 8.42 Å². The minimum absolute atomic E-state index is 0.608. The summed E-state index contributed by atoms with van der Waals surface area (Å²) < 4.78 is 26.8. The van der Waals surface area contributed by atoms with E-state index in [9.17, 15) is 8.42 Å². The molecule has 15 heavy (non-hydrogen) atoms. The summed E-state index contributed by atoms with van der Waals surface area (Å²) >= 11 is 0. The lowest BCUT2D eigenvalue weighted by atomic mass is 9.84. The maximum atomic E-state index is 11.6. The molecule has 0 atom stereocenters. The van der Waals surface area contributed by atoms with Crippen molar-refractivity contribution >= 4 is 10.2 Å². The third kappa shape index (κ3) is 2.91. The van der Waals surface area contributed by atoms with Crippen LogP contribution in [-0.2, 0) is 10.2 Å². The summed E-state index contributed by atoms with van der Waals surface area (Å²) in [6.07, 6.45) is 4.10. The molecule has 86 valence electrons. The molecule has 0 bridgehead atoms. The number of nitrogens with zero attached hydrogens (tertiary/aromatic N) is 2. The maximum absolute atomic E-state index is 11.6. The maximum Gasteiger partial charge on any atom is 0.280 e. The van der Waals surface area contributed by atoms with Gasteiger partial charge in [-0.15, -0.1) is 0 Å². The molecule has 6 heteroatoms. The zero-order chi connectivity index (χ0) is 11.5. The third-order valence-electron chi connectivity index (χ3n) is 2.73. The summed E-state index contributed by atoms with van der Waals surface area (Å²) in [5.41, 5.74) is -0.888. The number of rotatable bonds is 3. The Morgan fingerprint density at radius 2 is 1.80 bits per heavy atom. The van der Waals surface area contributed by atoms with Gasteiger partial charge in [0.15, 0.2) is 0 Å². The van der Waals surface area contributed by atoms with Gasteiger partial charge in [0.25, 0.3) is 10.2 Å². The fraction of sp³-hybridized carbons (Fsp3) is 0.889. The van der Waals surface area contributed by atoms with Gasteiger partial charge in [-0.05, 0) is 12.8 Å². The van der Waals surface area contributed by atoms with Crippen LogP contribution in [0.25, 0.3) is 0 Å². The smallest absolute Gasteiger partial charge is 0.196 e. The van der Waals surface area contributed by atoms with Gasteiger partial charge in [0, 0.05) is 14.1 Å². The van der Waals surface area contributed by atoms with Crippen LogP contribution in [0.5, 0.6) is 0 Å². The number of nitriles is 1. The largest absolute Gasteiger partial charge is 0.280 e. The van der Waals surface area contributed by atoms with E-state index in [1.807, 2.05) is 0 Å². The van der Waals surface area contributed by atoms with Gasteiger partial charge in [0.2, 0.25) is 0 Å². The summed E-state index contributed by atoms with van der Waals surface area (Å²) in [6.45, 7) is 0. The molecule has 0 aromatic heterocycles. The minimum Gasteiger partial charge on any atom is -0.196 e. The van der Waals surface area contributed by atoms with E-state index >= 15 is 0 Å². The fourth-order valence-electron chi connectivity index (χ4n) is 1.73. The Kier molecular flexibility index (Phi) is 3.71. The van der Waals surface area contributed by atoms with Crippen LogP contribution in [0.15, 0.2) is 0 Å². The molecular weight excluding hydrogens is 214 g/mol. The second-order valence-corrected chi connectivity index (χ2v) is 6.03. The Labute approximate surface area is 91.3 Å². The quantitative estimate of drug-likeness (QED) is 0.773. The van der Waals surface area contributed by atoms with E-state index in [0.717, 1.165) is 23.6 Å². The molecule has 0 amide bonds. The van der Waals surface area contributed by atoms with E-state index in [2.05, 4.69) is 10.8 Å². The minimum atomic E-state index is -3.51.